The quantitative estimate of drug-likeness (QED) is 0.878. The monoisotopic (exact) mass is 247 g/mol. The maximum atomic E-state index is 12.2. The minimum Gasteiger partial charge on any atom is -0.340 e. The van der Waals surface area contributed by atoms with Crippen molar-refractivity contribution in [3.63, 3.8) is 0 Å². The van der Waals surface area contributed by atoms with Crippen LogP contribution in [0.3, 0.4) is 0 Å². The van der Waals surface area contributed by atoms with Gasteiger partial charge in [0.05, 0.1) is 0 Å². The summed E-state index contributed by atoms with van der Waals surface area (Å²) in [5.41, 5.74) is 1.18. The normalized spacial score (nSPS) is 21.7. The highest BCUT2D eigenvalue weighted by molar-refractivity contribution is 5.77. The lowest BCUT2D eigenvalue weighted by atomic mass is 9.98. The summed E-state index contributed by atoms with van der Waals surface area (Å²) in [5, 5.41) is 3.35. The summed E-state index contributed by atoms with van der Waals surface area (Å²) in [4.78, 5) is 18.2. The molecular weight excluding hydrogens is 226 g/mol. The van der Waals surface area contributed by atoms with E-state index in [4.69, 9.17) is 0 Å². The first-order chi connectivity index (χ1) is 8.66. The van der Waals surface area contributed by atoms with E-state index in [2.05, 4.69) is 24.1 Å². The first-order valence-electron chi connectivity index (χ1n) is 6.58. The zero-order valence-electron chi connectivity index (χ0n) is 11.1. The Hall–Kier alpha value is -1.42. The number of hydrogen-bond acceptors (Lipinski definition) is 3. The molecule has 4 heteroatoms. The van der Waals surface area contributed by atoms with Crippen LogP contribution in [0.2, 0.25) is 0 Å². The van der Waals surface area contributed by atoms with Gasteiger partial charge in [0.1, 0.15) is 0 Å². The van der Waals surface area contributed by atoms with E-state index in [-0.39, 0.29) is 11.8 Å². The second-order valence-corrected chi connectivity index (χ2v) is 5.08. The van der Waals surface area contributed by atoms with Crippen molar-refractivity contribution >= 4 is 5.91 Å². The average Bonchev–Trinajstić information content (AvgIpc) is 2.39. The number of amides is 1. The largest absolute Gasteiger partial charge is 0.340 e. The number of rotatable bonds is 3. The van der Waals surface area contributed by atoms with Gasteiger partial charge in [0, 0.05) is 44.5 Å². The lowest BCUT2D eigenvalue weighted by Crippen LogP contribution is -2.51. The average molecular weight is 247 g/mol. The molecule has 2 atom stereocenters. The third kappa shape index (κ3) is 3.29. The number of carbonyl (C=O) groups excluding carboxylic acids is 1. The second kappa shape index (κ2) is 5.96. The minimum absolute atomic E-state index is 0.255. The molecule has 1 aromatic rings. The molecule has 18 heavy (non-hydrogen) atoms. The highest BCUT2D eigenvalue weighted by atomic mass is 16.2. The Morgan fingerprint density at radius 3 is 2.94 bits per heavy atom. The van der Waals surface area contributed by atoms with Crippen LogP contribution in [0.15, 0.2) is 24.5 Å². The Morgan fingerprint density at radius 1 is 1.56 bits per heavy atom. The van der Waals surface area contributed by atoms with Crippen LogP contribution in [0, 0.1) is 0 Å². The van der Waals surface area contributed by atoms with E-state index >= 15 is 0 Å². The first kappa shape index (κ1) is 13.0. The molecule has 0 radical (unpaired) electrons. The molecule has 1 aliphatic rings. The van der Waals surface area contributed by atoms with Gasteiger partial charge in [-0.1, -0.05) is 6.92 Å². The third-order valence-electron chi connectivity index (χ3n) is 3.48. The molecule has 1 amide bonds. The first-order valence-corrected chi connectivity index (χ1v) is 6.58. The summed E-state index contributed by atoms with van der Waals surface area (Å²) in [6.45, 7) is 6.76. The maximum absolute atomic E-state index is 12.2. The van der Waals surface area contributed by atoms with Crippen molar-refractivity contribution in [3.8, 4) is 0 Å². The Bertz CT molecular complexity index is 393. The van der Waals surface area contributed by atoms with Crippen molar-refractivity contribution < 1.29 is 4.79 Å². The van der Waals surface area contributed by atoms with Gasteiger partial charge in [0.2, 0.25) is 5.91 Å². The zero-order valence-corrected chi connectivity index (χ0v) is 11.1. The standard InChI is InChI=1S/C14H21N3O/c1-11(13-3-5-15-6-4-13)9-14(18)17-8-7-16-12(2)10-17/h3-6,11-12,16H,7-10H2,1-2H3. The molecule has 0 aromatic carbocycles. The SMILES string of the molecule is CC1CN(C(=O)CC(C)c2ccncc2)CCN1. The molecule has 1 N–H and O–H groups in total. The lowest BCUT2D eigenvalue weighted by Gasteiger charge is -2.32. The molecule has 1 fully saturated rings. The van der Waals surface area contributed by atoms with Gasteiger partial charge >= 0.3 is 0 Å². The van der Waals surface area contributed by atoms with Crippen LogP contribution >= 0.6 is 0 Å². The fraction of sp³-hybridized carbons (Fsp3) is 0.571. The molecule has 4 nitrogen and oxygen atoms in total. The van der Waals surface area contributed by atoms with Gasteiger partial charge in [-0.3, -0.25) is 9.78 Å². The maximum Gasteiger partial charge on any atom is 0.223 e. The molecule has 0 aliphatic carbocycles. The van der Waals surface area contributed by atoms with Crippen LogP contribution in [0.4, 0.5) is 0 Å². The number of nitrogens with zero attached hydrogens (tertiary/aromatic N) is 2. The summed E-state index contributed by atoms with van der Waals surface area (Å²) in [6.07, 6.45) is 4.14. The number of nitrogens with one attached hydrogen (secondary N) is 1. The molecule has 2 rings (SSSR count). The van der Waals surface area contributed by atoms with Crippen molar-refractivity contribution in [2.45, 2.75) is 32.2 Å². The van der Waals surface area contributed by atoms with E-state index in [0.29, 0.717) is 12.5 Å². The molecule has 2 heterocycles. The topological polar surface area (TPSA) is 45.2 Å². The van der Waals surface area contributed by atoms with Gasteiger partial charge in [0.15, 0.2) is 0 Å². The van der Waals surface area contributed by atoms with Gasteiger partial charge in [-0.25, -0.2) is 0 Å². The van der Waals surface area contributed by atoms with E-state index in [0.717, 1.165) is 19.6 Å². The Balaban J connectivity index is 1.91. The van der Waals surface area contributed by atoms with Gasteiger partial charge in [-0.15, -0.1) is 0 Å². The van der Waals surface area contributed by atoms with Crippen LogP contribution in [0.25, 0.3) is 0 Å². The highest BCUT2D eigenvalue weighted by Gasteiger charge is 2.22. The van der Waals surface area contributed by atoms with Crippen LogP contribution < -0.4 is 5.32 Å². The molecule has 98 valence electrons. The van der Waals surface area contributed by atoms with Crippen molar-refractivity contribution in [1.29, 1.82) is 0 Å². The summed E-state index contributed by atoms with van der Waals surface area (Å²) in [7, 11) is 0. The van der Waals surface area contributed by atoms with Crippen molar-refractivity contribution in [2.24, 2.45) is 0 Å². The van der Waals surface area contributed by atoms with Gasteiger partial charge in [0.25, 0.3) is 0 Å². The van der Waals surface area contributed by atoms with E-state index in [1.165, 1.54) is 5.56 Å². The van der Waals surface area contributed by atoms with Crippen molar-refractivity contribution in [1.82, 2.24) is 15.2 Å². The van der Waals surface area contributed by atoms with Crippen molar-refractivity contribution in [3.05, 3.63) is 30.1 Å². The summed E-state index contributed by atoms with van der Waals surface area (Å²) >= 11 is 0. The molecule has 0 saturated carbocycles. The molecule has 0 bridgehead atoms. The second-order valence-electron chi connectivity index (χ2n) is 5.08. The van der Waals surface area contributed by atoms with E-state index in [1.54, 1.807) is 12.4 Å². The predicted octanol–water partition coefficient (Wildman–Crippen LogP) is 1.40. The van der Waals surface area contributed by atoms with E-state index < -0.39 is 0 Å². The number of hydrogen-bond donors (Lipinski definition) is 1. The number of pyridine rings is 1. The lowest BCUT2D eigenvalue weighted by molar-refractivity contribution is -0.132. The van der Waals surface area contributed by atoms with Crippen LogP contribution in [-0.2, 0) is 4.79 Å². The molecule has 1 aliphatic heterocycles. The number of carbonyl (C=O) groups is 1. The van der Waals surface area contributed by atoms with Gasteiger partial charge in [-0.2, -0.15) is 0 Å². The third-order valence-corrected chi connectivity index (χ3v) is 3.48. The van der Waals surface area contributed by atoms with Gasteiger partial charge < -0.3 is 10.2 Å². The van der Waals surface area contributed by atoms with Crippen LogP contribution in [0.5, 0.6) is 0 Å². The molecule has 1 aromatic heterocycles. The van der Waals surface area contributed by atoms with Crippen molar-refractivity contribution in [2.75, 3.05) is 19.6 Å². The Labute approximate surface area is 108 Å². The number of piperazine rings is 1. The fourth-order valence-electron chi connectivity index (χ4n) is 2.36. The molecule has 1 saturated heterocycles. The van der Waals surface area contributed by atoms with Crippen LogP contribution in [0.1, 0.15) is 31.7 Å². The Kier molecular flexibility index (Phi) is 4.31. The minimum atomic E-state index is 0.255. The van der Waals surface area contributed by atoms with E-state index in [9.17, 15) is 4.79 Å². The summed E-state index contributed by atoms with van der Waals surface area (Å²) in [5.74, 6) is 0.512. The van der Waals surface area contributed by atoms with Crippen LogP contribution in [-0.4, -0.2) is 41.5 Å². The zero-order chi connectivity index (χ0) is 13.0. The predicted molar refractivity (Wildman–Crippen MR) is 71.3 cm³/mol. The van der Waals surface area contributed by atoms with Gasteiger partial charge in [-0.05, 0) is 30.5 Å². The summed E-state index contributed by atoms with van der Waals surface area (Å²) in [6, 6.07) is 4.37. The number of aromatic nitrogens is 1. The molecule has 2 unspecified atom stereocenters. The smallest absolute Gasteiger partial charge is 0.223 e. The fourth-order valence-corrected chi connectivity index (χ4v) is 2.36. The van der Waals surface area contributed by atoms with E-state index in [1.807, 2.05) is 17.0 Å². The molecule has 0 spiro atoms. The molecular formula is C14H21N3O. The Morgan fingerprint density at radius 2 is 2.28 bits per heavy atom. The summed E-state index contributed by atoms with van der Waals surface area (Å²) < 4.78 is 0. The highest BCUT2D eigenvalue weighted by Crippen LogP contribution is 2.19.